The van der Waals surface area contributed by atoms with Gasteiger partial charge in [-0.15, -0.1) is 11.6 Å². The average Bonchev–Trinajstić information content (AvgIpc) is 2.30. The van der Waals surface area contributed by atoms with Gasteiger partial charge in [0.05, 0.1) is 18.2 Å². The molecule has 4 heteroatoms. The maximum absolute atomic E-state index is 13.9. The summed E-state index contributed by atoms with van der Waals surface area (Å²) in [6.07, 6.45) is 0.384. The van der Waals surface area contributed by atoms with Gasteiger partial charge in [-0.25, -0.2) is 4.39 Å². The number of alkyl halides is 1. The number of nitriles is 1. The molecule has 1 rings (SSSR count). The number of hydrogen-bond acceptors (Lipinski definition) is 2. The molecular formula is C13H16ClFN2. The lowest BCUT2D eigenvalue weighted by Crippen LogP contribution is -2.32. The lowest BCUT2D eigenvalue weighted by atomic mass is 10.1. The van der Waals surface area contributed by atoms with E-state index in [9.17, 15) is 4.39 Å². The summed E-state index contributed by atoms with van der Waals surface area (Å²) in [5, 5.41) is 8.61. The molecule has 0 bridgehead atoms. The summed E-state index contributed by atoms with van der Waals surface area (Å²) in [6.45, 7) is 4.49. The van der Waals surface area contributed by atoms with Gasteiger partial charge in [0, 0.05) is 18.5 Å². The van der Waals surface area contributed by atoms with Crippen LogP contribution >= 0.6 is 11.6 Å². The van der Waals surface area contributed by atoms with Crippen molar-refractivity contribution >= 4 is 17.3 Å². The Morgan fingerprint density at radius 3 is 2.65 bits per heavy atom. The van der Waals surface area contributed by atoms with Crippen molar-refractivity contribution in [1.82, 2.24) is 0 Å². The highest BCUT2D eigenvalue weighted by Gasteiger charge is 2.14. The molecule has 0 aliphatic heterocycles. The fourth-order valence-corrected chi connectivity index (χ4v) is 1.86. The fraction of sp³-hybridized carbons (Fsp3) is 0.462. The second-order valence-corrected chi connectivity index (χ2v) is 4.38. The van der Waals surface area contributed by atoms with Gasteiger partial charge < -0.3 is 4.90 Å². The standard InChI is InChI=1S/C13H16ClFN2/c1-10(2)17(7-3-6-16)13-5-4-11(9-14)8-12(13)15/h4-5,8,10H,3,7,9H2,1-2H3. The van der Waals surface area contributed by atoms with E-state index in [2.05, 4.69) is 6.07 Å². The predicted molar refractivity (Wildman–Crippen MR) is 68.7 cm³/mol. The molecule has 0 atom stereocenters. The Hall–Kier alpha value is -1.27. The van der Waals surface area contributed by atoms with Crippen LogP contribution in [0.25, 0.3) is 0 Å². The van der Waals surface area contributed by atoms with Gasteiger partial charge in [0.25, 0.3) is 0 Å². The second kappa shape index (κ2) is 6.46. The molecule has 0 amide bonds. The maximum Gasteiger partial charge on any atom is 0.146 e. The van der Waals surface area contributed by atoms with Gasteiger partial charge in [-0.2, -0.15) is 5.26 Å². The first-order valence-corrected chi connectivity index (χ1v) is 6.11. The van der Waals surface area contributed by atoms with E-state index in [1.807, 2.05) is 24.8 Å². The summed E-state index contributed by atoms with van der Waals surface area (Å²) < 4.78 is 13.9. The molecule has 1 aromatic carbocycles. The SMILES string of the molecule is CC(C)N(CCC#N)c1ccc(CCl)cc1F. The Labute approximate surface area is 107 Å². The van der Waals surface area contributed by atoms with Crippen molar-refractivity contribution in [3.05, 3.63) is 29.6 Å². The lowest BCUT2D eigenvalue weighted by Gasteiger charge is -2.28. The zero-order valence-electron chi connectivity index (χ0n) is 10.1. The van der Waals surface area contributed by atoms with E-state index in [1.54, 1.807) is 6.07 Å². The van der Waals surface area contributed by atoms with Crippen LogP contribution in [0.15, 0.2) is 18.2 Å². The van der Waals surface area contributed by atoms with Crippen molar-refractivity contribution in [1.29, 1.82) is 5.26 Å². The molecule has 1 aromatic rings. The highest BCUT2D eigenvalue weighted by atomic mass is 35.5. The molecule has 0 aromatic heterocycles. The summed E-state index contributed by atoms with van der Waals surface area (Å²) in [6, 6.07) is 7.22. The Kier molecular flexibility index (Phi) is 5.24. The van der Waals surface area contributed by atoms with Crippen molar-refractivity contribution in [3.8, 4) is 6.07 Å². The summed E-state index contributed by atoms with van der Waals surface area (Å²) >= 11 is 5.65. The van der Waals surface area contributed by atoms with Crippen LogP contribution in [-0.2, 0) is 5.88 Å². The smallest absolute Gasteiger partial charge is 0.146 e. The molecule has 92 valence electrons. The van der Waals surface area contributed by atoms with Gasteiger partial charge in [0.2, 0.25) is 0 Å². The molecule has 0 N–H and O–H groups in total. The third-order valence-electron chi connectivity index (χ3n) is 2.56. The number of hydrogen-bond donors (Lipinski definition) is 0. The molecule has 0 saturated carbocycles. The minimum atomic E-state index is -0.283. The van der Waals surface area contributed by atoms with Crippen LogP contribution in [0, 0.1) is 17.1 Å². The molecule has 0 aliphatic rings. The molecule has 0 heterocycles. The van der Waals surface area contributed by atoms with Crippen LogP contribution in [-0.4, -0.2) is 12.6 Å². The Balaban J connectivity index is 2.98. The number of rotatable bonds is 5. The number of halogens is 2. The normalized spacial score (nSPS) is 10.4. The van der Waals surface area contributed by atoms with Crippen LogP contribution < -0.4 is 4.90 Å². The van der Waals surface area contributed by atoms with Crippen LogP contribution in [0.1, 0.15) is 25.8 Å². The molecule has 0 aliphatic carbocycles. The van der Waals surface area contributed by atoms with Gasteiger partial charge in [-0.1, -0.05) is 6.07 Å². The molecule has 0 saturated heterocycles. The van der Waals surface area contributed by atoms with E-state index in [4.69, 9.17) is 16.9 Å². The molecular weight excluding hydrogens is 239 g/mol. The highest BCUT2D eigenvalue weighted by Crippen LogP contribution is 2.23. The highest BCUT2D eigenvalue weighted by molar-refractivity contribution is 6.17. The predicted octanol–water partition coefficient (Wildman–Crippen LogP) is 3.69. The van der Waals surface area contributed by atoms with Gasteiger partial charge in [0.15, 0.2) is 0 Å². The summed E-state index contributed by atoms with van der Waals surface area (Å²) in [4.78, 5) is 1.89. The average molecular weight is 255 g/mol. The van der Waals surface area contributed by atoms with E-state index in [0.717, 1.165) is 5.56 Å². The van der Waals surface area contributed by atoms with Crippen molar-refractivity contribution in [3.63, 3.8) is 0 Å². The molecule has 2 nitrogen and oxygen atoms in total. The number of nitrogens with zero attached hydrogens (tertiary/aromatic N) is 2. The number of anilines is 1. The largest absolute Gasteiger partial charge is 0.366 e. The van der Waals surface area contributed by atoms with Crippen LogP contribution in [0.4, 0.5) is 10.1 Å². The zero-order chi connectivity index (χ0) is 12.8. The quantitative estimate of drug-likeness (QED) is 0.750. The van der Waals surface area contributed by atoms with Crippen molar-refractivity contribution in [2.24, 2.45) is 0 Å². The molecule has 0 spiro atoms. The Morgan fingerprint density at radius 1 is 1.47 bits per heavy atom. The van der Waals surface area contributed by atoms with Crippen LogP contribution in [0.2, 0.25) is 0 Å². The minimum absolute atomic E-state index is 0.153. The first-order chi connectivity index (χ1) is 8.10. The minimum Gasteiger partial charge on any atom is -0.366 e. The van der Waals surface area contributed by atoms with E-state index in [0.29, 0.717) is 24.5 Å². The van der Waals surface area contributed by atoms with Crippen molar-refractivity contribution in [2.75, 3.05) is 11.4 Å². The number of benzene rings is 1. The lowest BCUT2D eigenvalue weighted by molar-refractivity contribution is 0.599. The van der Waals surface area contributed by atoms with Gasteiger partial charge in [-0.3, -0.25) is 0 Å². The third-order valence-corrected chi connectivity index (χ3v) is 2.87. The van der Waals surface area contributed by atoms with Gasteiger partial charge in [-0.05, 0) is 31.5 Å². The van der Waals surface area contributed by atoms with E-state index < -0.39 is 0 Å². The monoisotopic (exact) mass is 254 g/mol. The van der Waals surface area contributed by atoms with Crippen LogP contribution in [0.3, 0.4) is 0 Å². The van der Waals surface area contributed by atoms with Gasteiger partial charge >= 0.3 is 0 Å². The molecule has 0 radical (unpaired) electrons. The second-order valence-electron chi connectivity index (χ2n) is 4.11. The third kappa shape index (κ3) is 3.61. The topological polar surface area (TPSA) is 27.0 Å². The Bertz CT molecular complexity index is 412. The van der Waals surface area contributed by atoms with E-state index in [1.165, 1.54) is 6.07 Å². The van der Waals surface area contributed by atoms with Crippen LogP contribution in [0.5, 0.6) is 0 Å². The summed E-state index contributed by atoms with van der Waals surface area (Å²) in [7, 11) is 0. The Morgan fingerprint density at radius 2 is 2.18 bits per heavy atom. The van der Waals surface area contributed by atoms with E-state index in [-0.39, 0.29) is 11.9 Å². The zero-order valence-corrected chi connectivity index (χ0v) is 10.8. The summed E-state index contributed by atoms with van der Waals surface area (Å²) in [5.74, 6) is 0.0201. The molecule has 0 fully saturated rings. The first-order valence-electron chi connectivity index (χ1n) is 5.58. The first kappa shape index (κ1) is 13.8. The van der Waals surface area contributed by atoms with Crippen molar-refractivity contribution in [2.45, 2.75) is 32.2 Å². The molecule has 17 heavy (non-hydrogen) atoms. The molecule has 0 unspecified atom stereocenters. The van der Waals surface area contributed by atoms with E-state index >= 15 is 0 Å². The maximum atomic E-state index is 13.9. The van der Waals surface area contributed by atoms with Crippen molar-refractivity contribution < 1.29 is 4.39 Å². The summed E-state index contributed by atoms with van der Waals surface area (Å²) in [5.41, 5.74) is 1.29. The van der Waals surface area contributed by atoms with Gasteiger partial charge in [0.1, 0.15) is 5.82 Å². The fourth-order valence-electron chi connectivity index (χ4n) is 1.69.